The lowest BCUT2D eigenvalue weighted by Gasteiger charge is -2.04. The molecule has 0 radical (unpaired) electrons. The van der Waals surface area contributed by atoms with Gasteiger partial charge in [0.05, 0.1) is 5.69 Å². The van der Waals surface area contributed by atoms with Crippen LogP contribution >= 0.6 is 0 Å². The van der Waals surface area contributed by atoms with Crippen molar-refractivity contribution in [2.45, 2.75) is 13.8 Å². The van der Waals surface area contributed by atoms with Gasteiger partial charge < -0.3 is 4.57 Å². The number of hydrogen-bond acceptors (Lipinski definition) is 2. The molecule has 2 aromatic rings. The molecule has 1 heterocycles. The largest absolute Gasteiger partial charge is 0.347 e. The lowest BCUT2D eigenvalue weighted by atomic mass is 10.0. The van der Waals surface area contributed by atoms with E-state index in [1.165, 1.54) is 6.92 Å². The van der Waals surface area contributed by atoms with Crippen LogP contribution in [0.3, 0.4) is 0 Å². The Hall–Kier alpha value is -2.16. The maximum absolute atomic E-state index is 12.4. The van der Waals surface area contributed by atoms with E-state index in [1.54, 1.807) is 29.9 Å². The van der Waals surface area contributed by atoms with Gasteiger partial charge in [-0.1, -0.05) is 30.3 Å². The summed E-state index contributed by atoms with van der Waals surface area (Å²) in [5.74, 6) is -0.0710. The first-order valence-corrected chi connectivity index (χ1v) is 5.79. The molecular formula is C15H15NO2. The number of aromatic nitrogens is 1. The van der Waals surface area contributed by atoms with Gasteiger partial charge in [0, 0.05) is 24.4 Å². The number of carbonyl (C=O) groups is 2. The van der Waals surface area contributed by atoms with E-state index in [0.29, 0.717) is 16.8 Å². The maximum atomic E-state index is 12.4. The van der Waals surface area contributed by atoms with Gasteiger partial charge in [-0.2, -0.15) is 0 Å². The Balaban J connectivity index is 2.53. The zero-order valence-corrected chi connectivity index (χ0v) is 10.7. The quantitative estimate of drug-likeness (QED) is 0.775. The molecule has 0 spiro atoms. The molecular weight excluding hydrogens is 226 g/mol. The van der Waals surface area contributed by atoms with E-state index in [1.807, 2.05) is 25.1 Å². The van der Waals surface area contributed by atoms with Gasteiger partial charge in [0.1, 0.15) is 0 Å². The Morgan fingerprint density at radius 2 is 1.72 bits per heavy atom. The Morgan fingerprint density at radius 3 is 2.22 bits per heavy atom. The van der Waals surface area contributed by atoms with Crippen molar-refractivity contribution in [2.24, 2.45) is 7.05 Å². The molecule has 0 fully saturated rings. The average Bonchev–Trinajstić information content (AvgIpc) is 2.65. The lowest BCUT2D eigenvalue weighted by Crippen LogP contribution is -2.08. The molecule has 1 aromatic heterocycles. The van der Waals surface area contributed by atoms with Gasteiger partial charge in [0.15, 0.2) is 5.78 Å². The van der Waals surface area contributed by atoms with Crippen LogP contribution in [0.15, 0.2) is 36.5 Å². The Kier molecular flexibility index (Phi) is 3.15. The van der Waals surface area contributed by atoms with Crippen LogP contribution in [0.1, 0.15) is 38.9 Å². The SMILES string of the molecule is CC(=O)c1cn(C)c(C(=O)c2ccccc2)c1C. The third-order valence-electron chi connectivity index (χ3n) is 3.07. The summed E-state index contributed by atoms with van der Waals surface area (Å²) in [7, 11) is 1.79. The van der Waals surface area contributed by atoms with Crippen molar-refractivity contribution in [2.75, 3.05) is 0 Å². The predicted octanol–water partition coefficient (Wildman–Crippen LogP) is 2.77. The first-order valence-electron chi connectivity index (χ1n) is 5.79. The third kappa shape index (κ3) is 1.99. The third-order valence-corrected chi connectivity index (χ3v) is 3.07. The number of nitrogens with zero attached hydrogens (tertiary/aromatic N) is 1. The standard InChI is InChI=1S/C15H15NO2/c1-10-13(11(2)17)9-16(3)14(10)15(18)12-7-5-4-6-8-12/h4-9H,1-3H3. The van der Waals surface area contributed by atoms with Crippen molar-refractivity contribution >= 4 is 11.6 Å². The minimum Gasteiger partial charge on any atom is -0.347 e. The van der Waals surface area contributed by atoms with Crippen LogP contribution in [0.2, 0.25) is 0 Å². The maximum Gasteiger partial charge on any atom is 0.209 e. The molecule has 0 unspecified atom stereocenters. The second kappa shape index (κ2) is 4.61. The Bertz CT molecular complexity index is 609. The molecule has 1 aromatic carbocycles. The minimum atomic E-state index is -0.0527. The highest BCUT2D eigenvalue weighted by Crippen LogP contribution is 2.19. The van der Waals surface area contributed by atoms with Crippen molar-refractivity contribution in [1.82, 2.24) is 4.57 Å². The summed E-state index contributed by atoms with van der Waals surface area (Å²) in [6.07, 6.45) is 1.72. The molecule has 0 atom stereocenters. The first kappa shape index (κ1) is 12.3. The van der Waals surface area contributed by atoms with E-state index in [-0.39, 0.29) is 11.6 Å². The molecule has 3 nitrogen and oxygen atoms in total. The molecule has 0 bridgehead atoms. The second-order valence-electron chi connectivity index (χ2n) is 4.38. The number of rotatable bonds is 3. The van der Waals surface area contributed by atoms with E-state index in [4.69, 9.17) is 0 Å². The number of aryl methyl sites for hydroxylation is 1. The van der Waals surface area contributed by atoms with Crippen LogP contribution in [0.4, 0.5) is 0 Å². The van der Waals surface area contributed by atoms with Crippen molar-refractivity contribution in [3.63, 3.8) is 0 Å². The van der Waals surface area contributed by atoms with Crippen LogP contribution in [-0.2, 0) is 7.05 Å². The normalized spacial score (nSPS) is 10.4. The molecule has 0 N–H and O–H groups in total. The first-order chi connectivity index (χ1) is 8.52. The smallest absolute Gasteiger partial charge is 0.209 e. The van der Waals surface area contributed by atoms with Gasteiger partial charge in [-0.25, -0.2) is 0 Å². The molecule has 3 heteroatoms. The van der Waals surface area contributed by atoms with E-state index in [2.05, 4.69) is 0 Å². The zero-order valence-electron chi connectivity index (χ0n) is 10.7. The van der Waals surface area contributed by atoms with E-state index < -0.39 is 0 Å². The number of ketones is 2. The zero-order chi connectivity index (χ0) is 13.3. The Labute approximate surface area is 106 Å². The fourth-order valence-corrected chi connectivity index (χ4v) is 2.16. The summed E-state index contributed by atoms with van der Waals surface area (Å²) < 4.78 is 1.72. The van der Waals surface area contributed by atoms with Crippen LogP contribution < -0.4 is 0 Å². The van der Waals surface area contributed by atoms with Gasteiger partial charge >= 0.3 is 0 Å². The number of benzene rings is 1. The number of carbonyl (C=O) groups excluding carboxylic acids is 2. The van der Waals surface area contributed by atoms with E-state index in [0.717, 1.165) is 5.56 Å². The van der Waals surface area contributed by atoms with Crippen molar-refractivity contribution < 1.29 is 9.59 Å². The van der Waals surface area contributed by atoms with Gasteiger partial charge in [0.2, 0.25) is 5.78 Å². The van der Waals surface area contributed by atoms with E-state index >= 15 is 0 Å². The van der Waals surface area contributed by atoms with Crippen LogP contribution in [0.5, 0.6) is 0 Å². The number of Topliss-reactive ketones (excluding diaryl/α,β-unsaturated/α-hetero) is 1. The summed E-state index contributed by atoms with van der Waals surface area (Å²) in [4.78, 5) is 23.9. The van der Waals surface area contributed by atoms with Gasteiger partial charge in [0.25, 0.3) is 0 Å². The van der Waals surface area contributed by atoms with Gasteiger partial charge in [-0.05, 0) is 19.4 Å². The minimum absolute atomic E-state index is 0.0183. The lowest BCUT2D eigenvalue weighted by molar-refractivity contribution is 0.101. The van der Waals surface area contributed by atoms with E-state index in [9.17, 15) is 9.59 Å². The van der Waals surface area contributed by atoms with Crippen LogP contribution in [0, 0.1) is 6.92 Å². The summed E-state index contributed by atoms with van der Waals surface area (Å²) in [6, 6.07) is 9.09. The monoisotopic (exact) mass is 241 g/mol. The van der Waals surface area contributed by atoms with Crippen LogP contribution in [-0.4, -0.2) is 16.1 Å². The highest BCUT2D eigenvalue weighted by atomic mass is 16.1. The molecule has 0 aliphatic rings. The molecule has 0 saturated heterocycles. The second-order valence-corrected chi connectivity index (χ2v) is 4.38. The summed E-state index contributed by atoms with van der Waals surface area (Å²) >= 11 is 0. The highest BCUT2D eigenvalue weighted by molar-refractivity contribution is 6.11. The molecule has 0 aliphatic carbocycles. The summed E-state index contributed by atoms with van der Waals surface area (Å²) in [6.45, 7) is 3.33. The molecule has 0 saturated carbocycles. The predicted molar refractivity (Wildman–Crippen MR) is 70.0 cm³/mol. The number of hydrogen-bond donors (Lipinski definition) is 0. The molecule has 18 heavy (non-hydrogen) atoms. The fraction of sp³-hybridized carbons (Fsp3) is 0.200. The van der Waals surface area contributed by atoms with Crippen LogP contribution in [0.25, 0.3) is 0 Å². The summed E-state index contributed by atoms with van der Waals surface area (Å²) in [5.41, 5.74) is 2.57. The molecule has 0 amide bonds. The topological polar surface area (TPSA) is 39.1 Å². The van der Waals surface area contributed by atoms with Gasteiger partial charge in [-0.3, -0.25) is 9.59 Å². The van der Waals surface area contributed by atoms with Gasteiger partial charge in [-0.15, -0.1) is 0 Å². The molecule has 92 valence electrons. The fourth-order valence-electron chi connectivity index (χ4n) is 2.16. The average molecular weight is 241 g/mol. The highest BCUT2D eigenvalue weighted by Gasteiger charge is 2.20. The Morgan fingerprint density at radius 1 is 1.11 bits per heavy atom. The van der Waals surface area contributed by atoms with Crippen molar-refractivity contribution in [3.8, 4) is 0 Å². The van der Waals surface area contributed by atoms with Crippen molar-refractivity contribution in [1.29, 1.82) is 0 Å². The van der Waals surface area contributed by atoms with Crippen molar-refractivity contribution in [3.05, 3.63) is 58.9 Å². The summed E-state index contributed by atoms with van der Waals surface area (Å²) in [5, 5.41) is 0. The molecule has 2 rings (SSSR count). The molecule has 0 aliphatic heterocycles.